The zero-order valence-electron chi connectivity index (χ0n) is 8.14. The van der Waals surface area contributed by atoms with Crippen LogP contribution < -0.4 is 0 Å². The molecule has 0 aromatic heterocycles. The average Bonchev–Trinajstić information content (AvgIpc) is 2.16. The number of halogens is 1. The molecular formula is C10H8ClNO4. The van der Waals surface area contributed by atoms with Crippen molar-refractivity contribution in [3.05, 3.63) is 51.1 Å². The van der Waals surface area contributed by atoms with Gasteiger partial charge in [-0.25, -0.2) is 4.79 Å². The number of nitrogens with zero attached hydrogens (tertiary/aromatic N) is 1. The van der Waals surface area contributed by atoms with E-state index in [-0.39, 0.29) is 17.0 Å². The van der Waals surface area contributed by atoms with Gasteiger partial charge >= 0.3 is 5.97 Å². The van der Waals surface area contributed by atoms with Crippen LogP contribution in [0.3, 0.4) is 0 Å². The third-order valence-corrected chi connectivity index (χ3v) is 2.15. The van der Waals surface area contributed by atoms with Gasteiger partial charge in [-0.3, -0.25) is 10.1 Å². The van der Waals surface area contributed by atoms with Crippen molar-refractivity contribution in [3.8, 4) is 0 Å². The summed E-state index contributed by atoms with van der Waals surface area (Å²) in [6.45, 7) is 3.45. The van der Waals surface area contributed by atoms with Crippen LogP contribution in [0.25, 0.3) is 0 Å². The van der Waals surface area contributed by atoms with Crippen LogP contribution in [0.2, 0.25) is 5.02 Å². The highest BCUT2D eigenvalue weighted by Gasteiger charge is 2.24. The first kappa shape index (κ1) is 12.2. The standard InChI is InChI=1S/C10H8ClNO4/c1-2-3-6-4-7(11)5-8(10(13)14)9(6)12(15)16/h2,4-5H,1,3H2,(H,13,14). The van der Waals surface area contributed by atoms with E-state index >= 15 is 0 Å². The Morgan fingerprint density at radius 2 is 2.25 bits per heavy atom. The highest BCUT2D eigenvalue weighted by Crippen LogP contribution is 2.28. The number of carbonyl (C=O) groups is 1. The van der Waals surface area contributed by atoms with E-state index in [2.05, 4.69) is 6.58 Å². The van der Waals surface area contributed by atoms with Crippen molar-refractivity contribution in [1.29, 1.82) is 0 Å². The SMILES string of the molecule is C=CCc1cc(Cl)cc(C(=O)O)c1[N+](=O)[O-]. The lowest BCUT2D eigenvalue weighted by molar-refractivity contribution is -0.385. The van der Waals surface area contributed by atoms with Gasteiger partial charge in [0.25, 0.3) is 5.69 Å². The van der Waals surface area contributed by atoms with Gasteiger partial charge in [0.1, 0.15) is 5.56 Å². The molecule has 0 aliphatic carbocycles. The maximum Gasteiger partial charge on any atom is 0.342 e. The first-order valence-corrected chi connectivity index (χ1v) is 4.66. The molecule has 5 nitrogen and oxygen atoms in total. The lowest BCUT2D eigenvalue weighted by atomic mass is 10.0. The van der Waals surface area contributed by atoms with Crippen LogP contribution in [0.15, 0.2) is 24.8 Å². The van der Waals surface area contributed by atoms with Crippen molar-refractivity contribution in [2.75, 3.05) is 0 Å². The average molecular weight is 242 g/mol. The third kappa shape index (κ3) is 2.38. The Kier molecular flexibility index (Phi) is 3.63. The van der Waals surface area contributed by atoms with Crippen LogP contribution in [-0.2, 0) is 6.42 Å². The third-order valence-electron chi connectivity index (χ3n) is 1.93. The lowest BCUT2D eigenvalue weighted by Gasteiger charge is -2.04. The summed E-state index contributed by atoms with van der Waals surface area (Å²) in [5.74, 6) is -1.38. The van der Waals surface area contributed by atoms with E-state index in [1.165, 1.54) is 12.1 Å². The quantitative estimate of drug-likeness (QED) is 0.499. The molecule has 0 aliphatic rings. The second-order valence-electron chi connectivity index (χ2n) is 3.02. The van der Waals surface area contributed by atoms with Crippen LogP contribution in [0.5, 0.6) is 0 Å². The topological polar surface area (TPSA) is 80.4 Å². The fraction of sp³-hybridized carbons (Fsp3) is 0.100. The number of hydrogen-bond donors (Lipinski definition) is 1. The molecule has 0 saturated carbocycles. The van der Waals surface area contributed by atoms with Gasteiger partial charge in [-0.1, -0.05) is 17.7 Å². The molecule has 0 bridgehead atoms. The van der Waals surface area contributed by atoms with E-state index in [1.807, 2.05) is 0 Å². The molecule has 0 saturated heterocycles. The summed E-state index contributed by atoms with van der Waals surface area (Å²) in [7, 11) is 0. The molecule has 16 heavy (non-hydrogen) atoms. The Bertz CT molecular complexity index is 470. The van der Waals surface area contributed by atoms with Crippen molar-refractivity contribution < 1.29 is 14.8 Å². The Hall–Kier alpha value is -1.88. The molecule has 1 rings (SSSR count). The molecule has 0 spiro atoms. The van der Waals surface area contributed by atoms with E-state index in [1.54, 1.807) is 0 Å². The fourth-order valence-corrected chi connectivity index (χ4v) is 1.59. The number of benzene rings is 1. The molecule has 0 radical (unpaired) electrons. The Labute approximate surface area is 96.1 Å². The molecule has 0 unspecified atom stereocenters. The number of allylic oxidation sites excluding steroid dienone is 1. The van der Waals surface area contributed by atoms with Crippen molar-refractivity contribution in [2.45, 2.75) is 6.42 Å². The van der Waals surface area contributed by atoms with E-state index in [4.69, 9.17) is 16.7 Å². The molecular weight excluding hydrogens is 234 g/mol. The number of carboxylic acid groups (broad SMARTS) is 1. The molecule has 0 heterocycles. The summed E-state index contributed by atoms with van der Waals surface area (Å²) in [5, 5.41) is 19.8. The predicted octanol–water partition coefficient (Wildman–Crippen LogP) is 2.67. The van der Waals surface area contributed by atoms with Gasteiger partial charge in [0.15, 0.2) is 0 Å². The van der Waals surface area contributed by atoms with E-state index < -0.39 is 22.1 Å². The molecule has 1 aromatic rings. The Morgan fingerprint density at radius 3 is 2.69 bits per heavy atom. The minimum atomic E-state index is -1.38. The van der Waals surface area contributed by atoms with Crippen LogP contribution >= 0.6 is 11.6 Å². The molecule has 0 atom stereocenters. The maximum atomic E-state index is 10.8. The Morgan fingerprint density at radius 1 is 1.62 bits per heavy atom. The smallest absolute Gasteiger partial charge is 0.342 e. The first-order valence-electron chi connectivity index (χ1n) is 4.28. The van der Waals surface area contributed by atoms with Gasteiger partial charge in [0, 0.05) is 10.6 Å². The first-order chi connectivity index (χ1) is 7.47. The van der Waals surface area contributed by atoms with Gasteiger partial charge in [-0.15, -0.1) is 6.58 Å². The number of carboxylic acids is 1. The molecule has 1 N–H and O–H groups in total. The monoisotopic (exact) mass is 241 g/mol. The summed E-state index contributed by atoms with van der Waals surface area (Å²) < 4.78 is 0. The van der Waals surface area contributed by atoms with Gasteiger partial charge in [-0.05, 0) is 18.6 Å². The molecule has 0 amide bonds. The Balaban J connectivity index is 3.53. The second-order valence-corrected chi connectivity index (χ2v) is 3.45. The molecule has 0 fully saturated rings. The van der Waals surface area contributed by atoms with Crippen molar-refractivity contribution in [1.82, 2.24) is 0 Å². The van der Waals surface area contributed by atoms with Gasteiger partial charge in [-0.2, -0.15) is 0 Å². The number of nitro benzene ring substituents is 1. The van der Waals surface area contributed by atoms with E-state index in [0.29, 0.717) is 0 Å². The van der Waals surface area contributed by atoms with Crippen molar-refractivity contribution in [3.63, 3.8) is 0 Å². The summed E-state index contributed by atoms with van der Waals surface area (Å²) in [5.41, 5.74) is -0.601. The van der Waals surface area contributed by atoms with Gasteiger partial charge in [0.2, 0.25) is 0 Å². The normalized spacial score (nSPS) is 9.81. The fourth-order valence-electron chi connectivity index (χ4n) is 1.35. The predicted molar refractivity (Wildman–Crippen MR) is 59.0 cm³/mol. The minimum absolute atomic E-state index is 0.153. The van der Waals surface area contributed by atoms with E-state index in [0.717, 1.165) is 6.07 Å². The van der Waals surface area contributed by atoms with Crippen LogP contribution in [0.4, 0.5) is 5.69 Å². The zero-order chi connectivity index (χ0) is 12.3. The summed E-state index contributed by atoms with van der Waals surface area (Å²) in [6, 6.07) is 2.43. The number of aromatic carboxylic acids is 1. The molecule has 84 valence electrons. The lowest BCUT2D eigenvalue weighted by Crippen LogP contribution is -2.05. The minimum Gasteiger partial charge on any atom is -0.477 e. The second kappa shape index (κ2) is 4.76. The van der Waals surface area contributed by atoms with Crippen LogP contribution in [-0.4, -0.2) is 16.0 Å². The summed E-state index contributed by atoms with van der Waals surface area (Å²) in [4.78, 5) is 20.9. The highest BCUT2D eigenvalue weighted by atomic mass is 35.5. The van der Waals surface area contributed by atoms with Crippen LogP contribution in [0, 0.1) is 10.1 Å². The molecule has 6 heteroatoms. The molecule has 1 aromatic carbocycles. The summed E-state index contributed by atoms with van der Waals surface area (Å²) >= 11 is 5.69. The van der Waals surface area contributed by atoms with Gasteiger partial charge in [0.05, 0.1) is 4.92 Å². The maximum absolute atomic E-state index is 10.8. The zero-order valence-corrected chi connectivity index (χ0v) is 8.90. The number of hydrogen-bond acceptors (Lipinski definition) is 3. The number of nitro groups is 1. The largest absolute Gasteiger partial charge is 0.477 e. The van der Waals surface area contributed by atoms with Crippen LogP contribution in [0.1, 0.15) is 15.9 Å². The van der Waals surface area contributed by atoms with Crippen molar-refractivity contribution in [2.24, 2.45) is 0 Å². The van der Waals surface area contributed by atoms with Crippen molar-refractivity contribution >= 4 is 23.3 Å². The van der Waals surface area contributed by atoms with Gasteiger partial charge < -0.3 is 5.11 Å². The molecule has 0 aliphatic heterocycles. The van der Waals surface area contributed by atoms with E-state index in [9.17, 15) is 14.9 Å². The summed E-state index contributed by atoms with van der Waals surface area (Å²) in [6.07, 6.45) is 1.64. The number of rotatable bonds is 4. The highest BCUT2D eigenvalue weighted by molar-refractivity contribution is 6.31.